The highest BCUT2D eigenvalue weighted by Crippen LogP contribution is 2.18. The topological polar surface area (TPSA) is 98.5 Å². The number of nitro groups is 1. The predicted octanol–water partition coefficient (Wildman–Crippen LogP) is 3.01. The van der Waals surface area contributed by atoms with Crippen molar-refractivity contribution in [2.75, 3.05) is 11.9 Å². The molecule has 24 heavy (non-hydrogen) atoms. The van der Waals surface area contributed by atoms with E-state index in [-0.39, 0.29) is 11.3 Å². The second-order valence-corrected chi connectivity index (χ2v) is 5.18. The Morgan fingerprint density at radius 1 is 1.12 bits per heavy atom. The predicted molar refractivity (Wildman–Crippen MR) is 87.9 cm³/mol. The molecule has 0 saturated carbocycles. The van der Waals surface area contributed by atoms with E-state index in [9.17, 15) is 19.7 Å². The molecule has 0 aliphatic carbocycles. The first-order valence-electron chi connectivity index (χ1n) is 7.16. The quantitative estimate of drug-likeness (QED) is 0.517. The molecule has 124 valence electrons. The number of benzene rings is 2. The maximum Gasteiger partial charge on any atom is 0.338 e. The molecule has 7 nitrogen and oxygen atoms in total. The molecular formula is C17H16N2O5. The molecule has 2 aromatic carbocycles. The SMILES string of the molecule is Cc1cccc(NC(=O)COC(=O)c2ccc([N+](=O)[O-])cc2)c1C. The molecular weight excluding hydrogens is 312 g/mol. The molecule has 0 saturated heterocycles. The number of carbonyl (C=O) groups is 2. The van der Waals surface area contributed by atoms with Gasteiger partial charge in [0.25, 0.3) is 11.6 Å². The van der Waals surface area contributed by atoms with Crippen LogP contribution < -0.4 is 5.32 Å². The molecule has 0 aliphatic rings. The van der Waals surface area contributed by atoms with E-state index in [1.807, 2.05) is 26.0 Å². The summed E-state index contributed by atoms with van der Waals surface area (Å²) in [7, 11) is 0. The first kappa shape index (κ1) is 17.1. The molecule has 0 aliphatic heterocycles. The van der Waals surface area contributed by atoms with Crippen LogP contribution in [-0.2, 0) is 9.53 Å². The number of hydrogen-bond donors (Lipinski definition) is 1. The number of rotatable bonds is 5. The van der Waals surface area contributed by atoms with Crippen LogP contribution in [0.2, 0.25) is 0 Å². The summed E-state index contributed by atoms with van der Waals surface area (Å²) in [6, 6.07) is 10.5. The highest BCUT2D eigenvalue weighted by atomic mass is 16.6. The number of nitrogens with one attached hydrogen (secondary N) is 1. The van der Waals surface area contributed by atoms with E-state index < -0.39 is 23.4 Å². The molecule has 0 spiro atoms. The van der Waals surface area contributed by atoms with Gasteiger partial charge in [-0.2, -0.15) is 0 Å². The van der Waals surface area contributed by atoms with Crippen molar-refractivity contribution >= 4 is 23.3 Å². The molecule has 2 rings (SSSR count). The fourth-order valence-corrected chi connectivity index (χ4v) is 2.01. The number of hydrogen-bond acceptors (Lipinski definition) is 5. The third-order valence-corrected chi connectivity index (χ3v) is 3.53. The van der Waals surface area contributed by atoms with Crippen molar-refractivity contribution in [1.29, 1.82) is 0 Å². The minimum absolute atomic E-state index is 0.126. The lowest BCUT2D eigenvalue weighted by atomic mass is 10.1. The molecule has 0 fully saturated rings. The van der Waals surface area contributed by atoms with Crippen molar-refractivity contribution in [3.63, 3.8) is 0 Å². The minimum atomic E-state index is -0.721. The lowest BCUT2D eigenvalue weighted by molar-refractivity contribution is -0.384. The van der Waals surface area contributed by atoms with Crippen molar-refractivity contribution in [3.8, 4) is 0 Å². The lowest BCUT2D eigenvalue weighted by Crippen LogP contribution is -2.21. The Balaban J connectivity index is 1.92. The Bertz CT molecular complexity index is 784. The van der Waals surface area contributed by atoms with Gasteiger partial charge in [-0.05, 0) is 43.2 Å². The van der Waals surface area contributed by atoms with Gasteiger partial charge >= 0.3 is 5.97 Å². The summed E-state index contributed by atoms with van der Waals surface area (Å²) in [4.78, 5) is 33.7. The Morgan fingerprint density at radius 2 is 1.79 bits per heavy atom. The summed E-state index contributed by atoms with van der Waals surface area (Å²) in [6.45, 7) is 3.37. The number of esters is 1. The first-order chi connectivity index (χ1) is 11.4. The van der Waals surface area contributed by atoms with E-state index in [0.717, 1.165) is 11.1 Å². The van der Waals surface area contributed by atoms with Crippen molar-refractivity contribution in [1.82, 2.24) is 0 Å². The molecule has 7 heteroatoms. The standard InChI is InChI=1S/C17H16N2O5/c1-11-4-3-5-15(12(11)2)18-16(20)10-24-17(21)13-6-8-14(9-7-13)19(22)23/h3-9H,10H2,1-2H3,(H,18,20). The number of nitro benzene ring substituents is 1. The monoisotopic (exact) mass is 328 g/mol. The van der Waals surface area contributed by atoms with Crippen LogP contribution in [0.15, 0.2) is 42.5 Å². The fourth-order valence-electron chi connectivity index (χ4n) is 2.01. The Kier molecular flexibility index (Phi) is 5.26. The van der Waals surface area contributed by atoms with Gasteiger partial charge in [-0.1, -0.05) is 12.1 Å². The van der Waals surface area contributed by atoms with Gasteiger partial charge in [-0.3, -0.25) is 14.9 Å². The lowest BCUT2D eigenvalue weighted by Gasteiger charge is -2.10. The Labute approximate surface area is 138 Å². The van der Waals surface area contributed by atoms with E-state index in [1.165, 1.54) is 24.3 Å². The number of aryl methyl sites for hydroxylation is 1. The van der Waals surface area contributed by atoms with Gasteiger partial charge in [-0.15, -0.1) is 0 Å². The molecule has 0 atom stereocenters. The molecule has 0 aromatic heterocycles. The van der Waals surface area contributed by atoms with Gasteiger partial charge < -0.3 is 10.1 Å². The van der Waals surface area contributed by atoms with E-state index in [2.05, 4.69) is 5.32 Å². The zero-order valence-electron chi connectivity index (χ0n) is 13.2. The summed E-state index contributed by atoms with van der Waals surface area (Å²) in [5.41, 5.74) is 2.65. The normalized spacial score (nSPS) is 10.1. The van der Waals surface area contributed by atoms with Crippen LogP contribution in [0.25, 0.3) is 0 Å². The third kappa shape index (κ3) is 4.16. The molecule has 2 aromatic rings. The van der Waals surface area contributed by atoms with Gasteiger partial charge in [0.1, 0.15) is 0 Å². The largest absolute Gasteiger partial charge is 0.452 e. The zero-order chi connectivity index (χ0) is 17.7. The van der Waals surface area contributed by atoms with Gasteiger partial charge in [0, 0.05) is 17.8 Å². The van der Waals surface area contributed by atoms with E-state index >= 15 is 0 Å². The van der Waals surface area contributed by atoms with Crippen molar-refractivity contribution in [3.05, 3.63) is 69.3 Å². The Morgan fingerprint density at radius 3 is 2.42 bits per heavy atom. The molecule has 0 unspecified atom stereocenters. The highest BCUT2D eigenvalue weighted by molar-refractivity contribution is 5.96. The van der Waals surface area contributed by atoms with Crippen LogP contribution in [-0.4, -0.2) is 23.4 Å². The first-order valence-corrected chi connectivity index (χ1v) is 7.16. The van der Waals surface area contributed by atoms with Crippen LogP contribution in [0.3, 0.4) is 0 Å². The summed E-state index contributed by atoms with van der Waals surface area (Å²) >= 11 is 0. The van der Waals surface area contributed by atoms with Crippen molar-refractivity contribution < 1.29 is 19.2 Å². The van der Waals surface area contributed by atoms with Crippen molar-refractivity contribution in [2.45, 2.75) is 13.8 Å². The number of nitrogens with zero attached hydrogens (tertiary/aromatic N) is 1. The highest BCUT2D eigenvalue weighted by Gasteiger charge is 2.13. The third-order valence-electron chi connectivity index (χ3n) is 3.53. The van der Waals surface area contributed by atoms with E-state index in [4.69, 9.17) is 4.74 Å². The number of ether oxygens (including phenoxy) is 1. The molecule has 0 radical (unpaired) electrons. The minimum Gasteiger partial charge on any atom is -0.452 e. The van der Waals surface area contributed by atoms with Gasteiger partial charge in [-0.25, -0.2) is 4.79 Å². The summed E-state index contributed by atoms with van der Waals surface area (Å²) in [5, 5.41) is 13.2. The van der Waals surface area contributed by atoms with E-state index in [1.54, 1.807) is 6.07 Å². The van der Waals surface area contributed by atoms with Crippen LogP contribution in [0.1, 0.15) is 21.5 Å². The summed E-state index contributed by atoms with van der Waals surface area (Å²) in [6.07, 6.45) is 0. The summed E-state index contributed by atoms with van der Waals surface area (Å²) < 4.78 is 4.91. The number of carbonyl (C=O) groups excluding carboxylic acids is 2. The Hall–Kier alpha value is -3.22. The van der Waals surface area contributed by atoms with Gasteiger partial charge in [0.05, 0.1) is 10.5 Å². The number of amides is 1. The second kappa shape index (κ2) is 7.36. The summed E-state index contributed by atoms with van der Waals surface area (Å²) in [5.74, 6) is -1.18. The maximum absolute atomic E-state index is 11.9. The van der Waals surface area contributed by atoms with Crippen LogP contribution in [0, 0.1) is 24.0 Å². The van der Waals surface area contributed by atoms with Crippen LogP contribution in [0.4, 0.5) is 11.4 Å². The zero-order valence-corrected chi connectivity index (χ0v) is 13.2. The average Bonchev–Trinajstić information content (AvgIpc) is 2.57. The fraction of sp³-hybridized carbons (Fsp3) is 0.176. The van der Waals surface area contributed by atoms with Crippen LogP contribution >= 0.6 is 0 Å². The van der Waals surface area contributed by atoms with Crippen LogP contribution in [0.5, 0.6) is 0 Å². The average molecular weight is 328 g/mol. The van der Waals surface area contributed by atoms with Crippen molar-refractivity contribution in [2.24, 2.45) is 0 Å². The van der Waals surface area contributed by atoms with E-state index in [0.29, 0.717) is 5.69 Å². The second-order valence-electron chi connectivity index (χ2n) is 5.18. The molecule has 0 bridgehead atoms. The smallest absolute Gasteiger partial charge is 0.338 e. The molecule has 1 N–H and O–H groups in total. The maximum atomic E-state index is 11.9. The molecule has 1 amide bonds. The number of anilines is 1. The van der Waals surface area contributed by atoms with Gasteiger partial charge in [0.2, 0.25) is 0 Å². The van der Waals surface area contributed by atoms with Gasteiger partial charge in [0.15, 0.2) is 6.61 Å². The number of non-ortho nitro benzene ring substituents is 1. The molecule has 0 heterocycles.